The molecule has 6 heteroatoms. The average molecular weight is 358 g/mol. The van der Waals surface area contributed by atoms with E-state index in [1.807, 2.05) is 24.3 Å². The van der Waals surface area contributed by atoms with Crippen LogP contribution in [0.15, 0.2) is 28.7 Å². The number of benzene rings is 1. The summed E-state index contributed by atoms with van der Waals surface area (Å²) in [7, 11) is 0. The van der Waals surface area contributed by atoms with Crippen molar-refractivity contribution in [2.75, 3.05) is 6.54 Å². The maximum absolute atomic E-state index is 11.6. The van der Waals surface area contributed by atoms with Gasteiger partial charge in [0.15, 0.2) is 0 Å². The van der Waals surface area contributed by atoms with Gasteiger partial charge in [0.2, 0.25) is 0 Å². The third kappa shape index (κ3) is 7.13. The van der Waals surface area contributed by atoms with E-state index in [9.17, 15) is 14.7 Å². The van der Waals surface area contributed by atoms with Crippen molar-refractivity contribution in [3.8, 4) is 0 Å². The topological polar surface area (TPSA) is 75.6 Å². The summed E-state index contributed by atoms with van der Waals surface area (Å²) in [5.41, 5.74) is 0.287. The van der Waals surface area contributed by atoms with E-state index in [1.54, 1.807) is 20.8 Å². The predicted octanol–water partition coefficient (Wildman–Crippen LogP) is 3.22. The summed E-state index contributed by atoms with van der Waals surface area (Å²) in [5.74, 6) is -1.65. The van der Waals surface area contributed by atoms with Gasteiger partial charge in [-0.3, -0.25) is 4.79 Å². The Morgan fingerprint density at radius 3 is 2.57 bits per heavy atom. The zero-order valence-electron chi connectivity index (χ0n) is 12.4. The van der Waals surface area contributed by atoms with E-state index in [-0.39, 0.29) is 6.54 Å². The van der Waals surface area contributed by atoms with Crippen molar-refractivity contribution in [1.29, 1.82) is 0 Å². The fourth-order valence-corrected chi connectivity index (χ4v) is 2.16. The number of hydrogen-bond acceptors (Lipinski definition) is 3. The molecule has 1 atom stereocenters. The van der Waals surface area contributed by atoms with Crippen LogP contribution in [0.3, 0.4) is 0 Å². The molecular weight excluding hydrogens is 338 g/mol. The van der Waals surface area contributed by atoms with Gasteiger partial charge >= 0.3 is 12.1 Å². The quantitative estimate of drug-likeness (QED) is 0.848. The Bertz CT molecular complexity index is 511. The van der Waals surface area contributed by atoms with Gasteiger partial charge in [0, 0.05) is 11.0 Å². The van der Waals surface area contributed by atoms with Gasteiger partial charge in [-0.05, 0) is 44.9 Å². The average Bonchev–Trinajstić information content (AvgIpc) is 2.32. The summed E-state index contributed by atoms with van der Waals surface area (Å²) in [5, 5.41) is 11.7. The van der Waals surface area contributed by atoms with Crippen LogP contribution in [-0.4, -0.2) is 29.3 Å². The number of carbonyl (C=O) groups excluding carboxylic acids is 1. The Morgan fingerprint density at radius 2 is 2.05 bits per heavy atom. The van der Waals surface area contributed by atoms with Crippen molar-refractivity contribution in [3.05, 3.63) is 34.3 Å². The molecule has 0 aromatic heterocycles. The summed E-state index contributed by atoms with van der Waals surface area (Å²) in [4.78, 5) is 22.8. The van der Waals surface area contributed by atoms with E-state index in [0.717, 1.165) is 10.0 Å². The molecule has 0 saturated heterocycles. The van der Waals surface area contributed by atoms with Crippen LogP contribution in [-0.2, 0) is 16.0 Å². The highest BCUT2D eigenvalue weighted by atomic mass is 79.9. The molecule has 2 N–H and O–H groups in total. The van der Waals surface area contributed by atoms with Crippen molar-refractivity contribution < 1.29 is 19.4 Å². The fourth-order valence-electron chi connectivity index (χ4n) is 1.72. The summed E-state index contributed by atoms with van der Waals surface area (Å²) < 4.78 is 5.98. The van der Waals surface area contributed by atoms with Crippen molar-refractivity contribution >= 4 is 28.0 Å². The molecular formula is C15H20BrNO4. The Labute approximate surface area is 132 Å². The largest absolute Gasteiger partial charge is 0.481 e. The van der Waals surface area contributed by atoms with Crippen LogP contribution < -0.4 is 5.32 Å². The van der Waals surface area contributed by atoms with E-state index >= 15 is 0 Å². The normalized spacial score (nSPS) is 12.6. The molecule has 0 bridgehead atoms. The molecule has 5 nitrogen and oxygen atoms in total. The van der Waals surface area contributed by atoms with Gasteiger partial charge < -0.3 is 15.2 Å². The second-order valence-electron chi connectivity index (χ2n) is 5.75. The molecule has 0 saturated carbocycles. The summed E-state index contributed by atoms with van der Waals surface area (Å²) in [6, 6.07) is 7.44. The summed E-state index contributed by atoms with van der Waals surface area (Å²) >= 11 is 3.35. The van der Waals surface area contributed by atoms with E-state index < -0.39 is 23.6 Å². The first-order valence-electron chi connectivity index (χ1n) is 6.61. The number of carboxylic acids is 1. The summed E-state index contributed by atoms with van der Waals surface area (Å²) in [6.07, 6.45) is -0.270. The smallest absolute Gasteiger partial charge is 0.407 e. The number of aliphatic carboxylic acids is 1. The monoisotopic (exact) mass is 357 g/mol. The number of nitrogens with one attached hydrogen (secondary N) is 1. The molecule has 0 spiro atoms. The first-order chi connectivity index (χ1) is 9.67. The number of carbonyl (C=O) groups is 2. The zero-order valence-corrected chi connectivity index (χ0v) is 13.9. The molecule has 0 aliphatic carbocycles. The van der Waals surface area contributed by atoms with E-state index in [0.29, 0.717) is 6.42 Å². The SMILES string of the molecule is CC(C)(C)OC(=O)NCC(Cc1cccc(Br)c1)C(=O)O. The van der Waals surface area contributed by atoms with Gasteiger partial charge in [0.1, 0.15) is 5.60 Å². The maximum atomic E-state index is 11.6. The molecule has 0 aliphatic heterocycles. The lowest BCUT2D eigenvalue weighted by atomic mass is 9.99. The van der Waals surface area contributed by atoms with E-state index in [2.05, 4.69) is 21.2 Å². The van der Waals surface area contributed by atoms with Crippen LogP contribution in [0.25, 0.3) is 0 Å². The van der Waals surface area contributed by atoms with Gasteiger partial charge in [-0.25, -0.2) is 4.79 Å². The molecule has 1 unspecified atom stereocenters. The lowest BCUT2D eigenvalue weighted by molar-refractivity contribution is -0.141. The van der Waals surface area contributed by atoms with Crippen molar-refractivity contribution in [1.82, 2.24) is 5.32 Å². The van der Waals surface area contributed by atoms with Crippen molar-refractivity contribution in [3.63, 3.8) is 0 Å². The van der Waals surface area contributed by atoms with E-state index in [1.165, 1.54) is 0 Å². The zero-order chi connectivity index (χ0) is 16.0. The molecule has 1 aromatic rings. The molecule has 1 aromatic carbocycles. The summed E-state index contributed by atoms with van der Waals surface area (Å²) in [6.45, 7) is 5.28. The molecule has 0 fully saturated rings. The fraction of sp³-hybridized carbons (Fsp3) is 0.467. The molecule has 1 amide bonds. The van der Waals surface area contributed by atoms with Crippen LogP contribution in [0.5, 0.6) is 0 Å². The number of alkyl carbamates (subject to hydrolysis) is 1. The van der Waals surface area contributed by atoms with Crippen LogP contribution >= 0.6 is 15.9 Å². The third-order valence-corrected chi connectivity index (χ3v) is 3.11. The second kappa shape index (κ2) is 7.45. The maximum Gasteiger partial charge on any atom is 0.407 e. The second-order valence-corrected chi connectivity index (χ2v) is 6.67. The first-order valence-corrected chi connectivity index (χ1v) is 7.41. The number of halogens is 1. The van der Waals surface area contributed by atoms with Crippen molar-refractivity contribution in [2.45, 2.75) is 32.8 Å². The van der Waals surface area contributed by atoms with Gasteiger partial charge in [-0.1, -0.05) is 28.1 Å². The number of amides is 1. The molecule has 0 radical (unpaired) electrons. The highest BCUT2D eigenvalue weighted by Gasteiger charge is 2.21. The molecule has 0 heterocycles. The minimum atomic E-state index is -0.953. The number of rotatable bonds is 5. The highest BCUT2D eigenvalue weighted by molar-refractivity contribution is 9.10. The molecule has 116 valence electrons. The third-order valence-electron chi connectivity index (χ3n) is 2.61. The highest BCUT2D eigenvalue weighted by Crippen LogP contribution is 2.15. The Hall–Kier alpha value is -1.56. The molecule has 0 aliphatic rings. The molecule has 21 heavy (non-hydrogen) atoms. The number of carboxylic acid groups (broad SMARTS) is 1. The van der Waals surface area contributed by atoms with Gasteiger partial charge in [-0.2, -0.15) is 0 Å². The van der Waals surface area contributed by atoms with Crippen LogP contribution in [0.2, 0.25) is 0 Å². The van der Waals surface area contributed by atoms with Gasteiger partial charge in [0.25, 0.3) is 0 Å². The Balaban J connectivity index is 2.59. The van der Waals surface area contributed by atoms with Crippen LogP contribution in [0, 0.1) is 5.92 Å². The minimum Gasteiger partial charge on any atom is -0.481 e. The lowest BCUT2D eigenvalue weighted by Gasteiger charge is -2.21. The van der Waals surface area contributed by atoms with Crippen molar-refractivity contribution in [2.24, 2.45) is 5.92 Å². The Morgan fingerprint density at radius 1 is 1.38 bits per heavy atom. The van der Waals surface area contributed by atoms with Gasteiger partial charge in [-0.15, -0.1) is 0 Å². The standard InChI is InChI=1S/C15H20BrNO4/c1-15(2,3)21-14(20)17-9-11(13(18)19)7-10-5-4-6-12(16)8-10/h4-6,8,11H,7,9H2,1-3H3,(H,17,20)(H,18,19). The Kier molecular flexibility index (Phi) is 6.20. The predicted molar refractivity (Wildman–Crippen MR) is 83.2 cm³/mol. The first kappa shape index (κ1) is 17.5. The van der Waals surface area contributed by atoms with Crippen LogP contribution in [0.1, 0.15) is 26.3 Å². The van der Waals surface area contributed by atoms with E-state index in [4.69, 9.17) is 4.74 Å². The number of ether oxygens (including phenoxy) is 1. The lowest BCUT2D eigenvalue weighted by Crippen LogP contribution is -2.37. The molecule has 1 rings (SSSR count). The van der Waals surface area contributed by atoms with Gasteiger partial charge in [0.05, 0.1) is 5.92 Å². The minimum absolute atomic E-state index is 0.0246. The number of hydrogen-bond donors (Lipinski definition) is 2. The van der Waals surface area contributed by atoms with Crippen LogP contribution in [0.4, 0.5) is 4.79 Å².